The van der Waals surface area contributed by atoms with Crippen molar-refractivity contribution in [1.29, 1.82) is 0 Å². The van der Waals surface area contributed by atoms with Gasteiger partial charge >= 0.3 is 0 Å². The Kier molecular flexibility index (Phi) is 2.83. The Morgan fingerprint density at radius 3 is 3.05 bits per heavy atom. The number of benzene rings is 1. The molecule has 3 rings (SSSR count). The van der Waals surface area contributed by atoms with Crippen molar-refractivity contribution in [3.8, 4) is 0 Å². The Bertz CT molecular complexity index is 807. The van der Waals surface area contributed by atoms with E-state index >= 15 is 0 Å². The number of halogens is 1. The average molecular weight is 320 g/mol. The molecule has 0 bridgehead atoms. The number of imidazole rings is 1. The summed E-state index contributed by atoms with van der Waals surface area (Å²) in [5.74, 6) is 0.0912. The highest BCUT2D eigenvalue weighted by atomic mass is 79.9. The first kappa shape index (κ1) is 11.9. The van der Waals surface area contributed by atoms with Crippen LogP contribution in [-0.2, 0) is 6.54 Å². The molecule has 19 heavy (non-hydrogen) atoms. The van der Waals surface area contributed by atoms with Gasteiger partial charge in [-0.1, -0.05) is 28.1 Å². The zero-order chi connectivity index (χ0) is 13.4. The van der Waals surface area contributed by atoms with Crippen LogP contribution in [0.3, 0.4) is 0 Å². The van der Waals surface area contributed by atoms with Gasteiger partial charge in [-0.2, -0.15) is 4.98 Å². The fraction of sp³-hybridized carbons (Fsp3) is 0.0833. The highest BCUT2D eigenvalue weighted by molar-refractivity contribution is 9.10. The van der Waals surface area contributed by atoms with Crippen molar-refractivity contribution in [3.05, 3.63) is 51.0 Å². The summed E-state index contributed by atoms with van der Waals surface area (Å²) in [6.07, 6.45) is 1.59. The summed E-state index contributed by atoms with van der Waals surface area (Å²) in [6, 6.07) is 7.90. The summed E-state index contributed by atoms with van der Waals surface area (Å²) < 4.78 is 2.79. The summed E-state index contributed by atoms with van der Waals surface area (Å²) in [6.45, 7) is 0.575. The molecule has 6 nitrogen and oxygen atoms in total. The second-order valence-corrected chi connectivity index (χ2v) is 5.04. The predicted octanol–water partition coefficient (Wildman–Crippen LogP) is 1.51. The molecule has 0 atom stereocenters. The largest absolute Gasteiger partial charge is 0.369 e. The van der Waals surface area contributed by atoms with Gasteiger partial charge in [0.2, 0.25) is 5.95 Å². The normalized spacial score (nSPS) is 11.0. The number of nitrogens with two attached hydrogens (primary N) is 1. The van der Waals surface area contributed by atoms with E-state index in [1.54, 1.807) is 10.9 Å². The Morgan fingerprint density at radius 1 is 1.42 bits per heavy atom. The summed E-state index contributed by atoms with van der Waals surface area (Å²) in [4.78, 5) is 22.3. The van der Waals surface area contributed by atoms with Crippen LogP contribution in [-0.4, -0.2) is 19.5 Å². The number of nitrogens with one attached hydrogen (secondary N) is 1. The predicted molar refractivity (Wildman–Crippen MR) is 75.8 cm³/mol. The first-order valence-electron chi connectivity index (χ1n) is 5.58. The lowest BCUT2D eigenvalue weighted by Crippen LogP contribution is -2.12. The molecular weight excluding hydrogens is 310 g/mol. The van der Waals surface area contributed by atoms with E-state index in [2.05, 4.69) is 30.9 Å². The SMILES string of the molecule is Nc1nc2c(ncn2Cc2cccc(Br)c2)c(=O)[nH]1. The van der Waals surface area contributed by atoms with Gasteiger partial charge in [0, 0.05) is 4.47 Å². The van der Waals surface area contributed by atoms with Crippen LogP contribution in [0.15, 0.2) is 39.9 Å². The molecular formula is C12H10BrN5O. The summed E-state index contributed by atoms with van der Waals surface area (Å²) in [5.41, 5.74) is 7.09. The molecule has 0 aliphatic rings. The molecule has 0 saturated carbocycles. The van der Waals surface area contributed by atoms with Crippen LogP contribution in [0.4, 0.5) is 5.95 Å². The number of H-pyrrole nitrogens is 1. The lowest BCUT2D eigenvalue weighted by Gasteiger charge is -2.04. The number of nitrogen functional groups attached to an aromatic ring is 1. The molecule has 0 radical (unpaired) electrons. The molecule has 2 aromatic heterocycles. The van der Waals surface area contributed by atoms with Crippen LogP contribution in [0.5, 0.6) is 0 Å². The van der Waals surface area contributed by atoms with Crippen molar-refractivity contribution < 1.29 is 0 Å². The van der Waals surface area contributed by atoms with E-state index in [0.717, 1.165) is 10.0 Å². The molecule has 0 amide bonds. The highest BCUT2D eigenvalue weighted by Crippen LogP contribution is 2.14. The molecule has 0 aliphatic heterocycles. The molecule has 0 spiro atoms. The van der Waals surface area contributed by atoms with Gasteiger partial charge in [0.1, 0.15) is 0 Å². The van der Waals surface area contributed by atoms with Crippen LogP contribution in [0, 0.1) is 0 Å². The summed E-state index contributed by atoms with van der Waals surface area (Å²) >= 11 is 3.42. The molecule has 7 heteroatoms. The van der Waals surface area contributed by atoms with Gasteiger partial charge in [-0.05, 0) is 17.7 Å². The smallest absolute Gasteiger partial charge is 0.280 e. The van der Waals surface area contributed by atoms with E-state index in [-0.39, 0.29) is 11.5 Å². The zero-order valence-electron chi connectivity index (χ0n) is 9.80. The van der Waals surface area contributed by atoms with E-state index in [1.807, 2.05) is 24.3 Å². The van der Waals surface area contributed by atoms with Crippen LogP contribution in [0.25, 0.3) is 11.2 Å². The number of aromatic amines is 1. The van der Waals surface area contributed by atoms with E-state index in [1.165, 1.54) is 0 Å². The summed E-state index contributed by atoms with van der Waals surface area (Å²) in [5, 5.41) is 0. The lowest BCUT2D eigenvalue weighted by molar-refractivity contribution is 0.813. The van der Waals surface area contributed by atoms with Gasteiger partial charge in [-0.3, -0.25) is 9.78 Å². The van der Waals surface area contributed by atoms with Crippen molar-refractivity contribution in [2.24, 2.45) is 0 Å². The maximum Gasteiger partial charge on any atom is 0.280 e. The van der Waals surface area contributed by atoms with Gasteiger partial charge in [0.25, 0.3) is 5.56 Å². The van der Waals surface area contributed by atoms with Gasteiger partial charge in [-0.15, -0.1) is 0 Å². The fourth-order valence-electron chi connectivity index (χ4n) is 1.92. The molecule has 1 aromatic carbocycles. The average Bonchev–Trinajstić information content (AvgIpc) is 2.73. The quantitative estimate of drug-likeness (QED) is 0.749. The Morgan fingerprint density at radius 2 is 2.26 bits per heavy atom. The van der Waals surface area contributed by atoms with Crippen molar-refractivity contribution in [1.82, 2.24) is 19.5 Å². The summed E-state index contributed by atoms with van der Waals surface area (Å²) in [7, 11) is 0. The number of nitrogens with zero attached hydrogens (tertiary/aromatic N) is 3. The first-order chi connectivity index (χ1) is 9.13. The minimum absolute atomic E-state index is 0.0912. The minimum Gasteiger partial charge on any atom is -0.369 e. The van der Waals surface area contributed by atoms with E-state index < -0.39 is 0 Å². The van der Waals surface area contributed by atoms with Gasteiger partial charge in [0.15, 0.2) is 11.2 Å². The van der Waals surface area contributed by atoms with Crippen molar-refractivity contribution >= 4 is 33.0 Å². The topological polar surface area (TPSA) is 89.6 Å². The number of fused-ring (bicyclic) bond motifs is 1. The fourth-order valence-corrected chi connectivity index (χ4v) is 2.37. The molecule has 3 aromatic rings. The van der Waals surface area contributed by atoms with Gasteiger partial charge in [-0.25, -0.2) is 4.98 Å². The zero-order valence-corrected chi connectivity index (χ0v) is 11.4. The Labute approximate surface area is 116 Å². The van der Waals surface area contributed by atoms with Crippen molar-refractivity contribution in [2.45, 2.75) is 6.54 Å². The third kappa shape index (κ3) is 2.24. The molecule has 0 saturated heterocycles. The second-order valence-electron chi connectivity index (χ2n) is 4.13. The monoisotopic (exact) mass is 319 g/mol. The second kappa shape index (κ2) is 4.51. The number of rotatable bonds is 2. The van der Waals surface area contributed by atoms with Crippen LogP contribution >= 0.6 is 15.9 Å². The third-order valence-corrected chi connectivity index (χ3v) is 3.23. The maximum absolute atomic E-state index is 11.7. The number of hydrogen-bond acceptors (Lipinski definition) is 4. The molecule has 3 N–H and O–H groups in total. The standard InChI is InChI=1S/C12H10BrN5O/c13-8-3-1-2-7(4-8)5-18-6-15-9-10(18)16-12(14)17-11(9)19/h1-4,6H,5H2,(H3,14,16,17,19). The molecule has 2 heterocycles. The first-order valence-corrected chi connectivity index (χ1v) is 6.38. The van der Waals surface area contributed by atoms with Gasteiger partial charge in [0.05, 0.1) is 12.9 Å². The van der Waals surface area contributed by atoms with Crippen LogP contribution in [0.1, 0.15) is 5.56 Å². The van der Waals surface area contributed by atoms with Crippen molar-refractivity contribution in [3.63, 3.8) is 0 Å². The van der Waals surface area contributed by atoms with E-state index in [4.69, 9.17) is 5.73 Å². The lowest BCUT2D eigenvalue weighted by atomic mass is 10.2. The highest BCUT2D eigenvalue weighted by Gasteiger charge is 2.09. The molecule has 96 valence electrons. The van der Waals surface area contributed by atoms with Gasteiger partial charge < -0.3 is 10.3 Å². The maximum atomic E-state index is 11.7. The molecule has 0 unspecified atom stereocenters. The van der Waals surface area contributed by atoms with Crippen molar-refractivity contribution in [2.75, 3.05) is 5.73 Å². The molecule has 0 fully saturated rings. The van der Waals surface area contributed by atoms with Crippen LogP contribution in [0.2, 0.25) is 0 Å². The Balaban J connectivity index is 2.09. The third-order valence-electron chi connectivity index (χ3n) is 2.74. The van der Waals surface area contributed by atoms with E-state index in [9.17, 15) is 4.79 Å². The van der Waals surface area contributed by atoms with Crippen LogP contribution < -0.4 is 11.3 Å². The number of aromatic nitrogens is 4. The minimum atomic E-state index is -0.324. The molecule has 0 aliphatic carbocycles. The number of anilines is 1. The Hall–Kier alpha value is -2.15. The number of hydrogen-bond donors (Lipinski definition) is 2. The van der Waals surface area contributed by atoms with E-state index in [0.29, 0.717) is 17.7 Å².